The molecule has 0 saturated carbocycles. The highest BCUT2D eigenvalue weighted by atomic mass is 32.1. The maximum atomic E-state index is 13.4. The maximum absolute atomic E-state index is 13.4. The Hall–Kier alpha value is -3.23. The number of ether oxygens (including phenoxy) is 2. The van der Waals surface area contributed by atoms with Crippen molar-refractivity contribution >= 4 is 28.3 Å². The number of hydrogen-bond acceptors (Lipinski definition) is 6. The lowest BCUT2D eigenvalue weighted by atomic mass is 10.1. The van der Waals surface area contributed by atoms with Gasteiger partial charge < -0.3 is 14.6 Å². The van der Waals surface area contributed by atoms with Crippen molar-refractivity contribution in [2.45, 2.75) is 18.9 Å². The number of carbonyl (C=O) groups is 2. The first-order chi connectivity index (χ1) is 15.1. The van der Waals surface area contributed by atoms with Crippen molar-refractivity contribution in [1.29, 1.82) is 0 Å². The Labute approximate surface area is 183 Å². The fourth-order valence-corrected chi connectivity index (χ4v) is 4.37. The fourth-order valence-electron chi connectivity index (χ4n) is 3.52. The van der Waals surface area contributed by atoms with Crippen molar-refractivity contribution in [3.05, 3.63) is 65.0 Å². The second kappa shape index (κ2) is 9.28. The van der Waals surface area contributed by atoms with E-state index in [4.69, 9.17) is 9.47 Å². The van der Waals surface area contributed by atoms with Gasteiger partial charge in [0.15, 0.2) is 5.13 Å². The molecular formula is C23H22N2O5S. The second-order valence-electron chi connectivity index (χ2n) is 7.15. The Balaban J connectivity index is 1.68. The lowest BCUT2D eigenvalue weighted by molar-refractivity contribution is 0.0691. The van der Waals surface area contributed by atoms with Crippen LogP contribution in [0.3, 0.4) is 0 Å². The molecule has 1 saturated heterocycles. The molecule has 160 valence electrons. The van der Waals surface area contributed by atoms with Crippen molar-refractivity contribution in [3.8, 4) is 17.0 Å². The van der Waals surface area contributed by atoms with Gasteiger partial charge in [0, 0.05) is 17.6 Å². The van der Waals surface area contributed by atoms with Gasteiger partial charge in [-0.25, -0.2) is 9.78 Å². The van der Waals surface area contributed by atoms with Gasteiger partial charge in [-0.3, -0.25) is 9.69 Å². The number of nitrogens with zero attached hydrogens (tertiary/aromatic N) is 2. The first-order valence-corrected chi connectivity index (χ1v) is 10.8. The summed E-state index contributed by atoms with van der Waals surface area (Å²) in [5, 5.41) is 11.9. The van der Waals surface area contributed by atoms with E-state index >= 15 is 0 Å². The van der Waals surface area contributed by atoms with Gasteiger partial charge in [-0.1, -0.05) is 12.1 Å². The number of aromatic nitrogens is 1. The lowest BCUT2D eigenvalue weighted by Crippen LogP contribution is -2.38. The number of carboxylic acids is 1. The number of methoxy groups -OCH3 is 1. The van der Waals surface area contributed by atoms with E-state index in [9.17, 15) is 14.7 Å². The zero-order valence-electron chi connectivity index (χ0n) is 17.0. The van der Waals surface area contributed by atoms with Crippen molar-refractivity contribution in [2.24, 2.45) is 0 Å². The minimum Gasteiger partial charge on any atom is -0.497 e. The monoisotopic (exact) mass is 438 g/mol. The Morgan fingerprint density at radius 3 is 2.58 bits per heavy atom. The third kappa shape index (κ3) is 4.60. The number of hydrogen-bond donors (Lipinski definition) is 1. The quantitative estimate of drug-likeness (QED) is 0.590. The predicted molar refractivity (Wildman–Crippen MR) is 118 cm³/mol. The van der Waals surface area contributed by atoms with Crippen LogP contribution < -0.4 is 9.64 Å². The summed E-state index contributed by atoms with van der Waals surface area (Å²) in [6.45, 7) is 0.982. The van der Waals surface area contributed by atoms with Crippen LogP contribution in [0.15, 0.2) is 53.9 Å². The molecule has 2 heterocycles. The van der Waals surface area contributed by atoms with E-state index in [-0.39, 0.29) is 17.2 Å². The highest BCUT2D eigenvalue weighted by Crippen LogP contribution is 2.31. The molecule has 0 aliphatic carbocycles. The molecular weight excluding hydrogens is 416 g/mol. The number of carbonyl (C=O) groups excluding carboxylic acids is 1. The second-order valence-corrected chi connectivity index (χ2v) is 7.98. The fraction of sp³-hybridized carbons (Fsp3) is 0.261. The number of carboxylic acid groups (broad SMARTS) is 1. The summed E-state index contributed by atoms with van der Waals surface area (Å²) in [7, 11) is 1.61. The predicted octanol–water partition coefficient (Wildman–Crippen LogP) is 4.34. The van der Waals surface area contributed by atoms with Gasteiger partial charge in [0.1, 0.15) is 5.75 Å². The van der Waals surface area contributed by atoms with Crippen LogP contribution in [0.1, 0.15) is 33.6 Å². The van der Waals surface area contributed by atoms with Crippen molar-refractivity contribution in [2.75, 3.05) is 25.2 Å². The highest BCUT2D eigenvalue weighted by molar-refractivity contribution is 7.14. The van der Waals surface area contributed by atoms with E-state index < -0.39 is 11.9 Å². The number of aromatic carboxylic acids is 1. The average Bonchev–Trinajstić information content (AvgIpc) is 3.49. The van der Waals surface area contributed by atoms with E-state index in [1.54, 1.807) is 19.2 Å². The molecule has 2 aromatic carbocycles. The van der Waals surface area contributed by atoms with Crippen LogP contribution in [-0.2, 0) is 4.74 Å². The van der Waals surface area contributed by atoms with E-state index in [1.807, 2.05) is 29.6 Å². The normalized spacial score (nSPS) is 15.6. The van der Waals surface area contributed by atoms with Crippen molar-refractivity contribution in [3.63, 3.8) is 0 Å². The van der Waals surface area contributed by atoms with Gasteiger partial charge in [0.05, 0.1) is 36.6 Å². The van der Waals surface area contributed by atoms with Gasteiger partial charge in [-0.2, -0.15) is 0 Å². The number of anilines is 1. The number of thiazole rings is 1. The smallest absolute Gasteiger partial charge is 0.336 e. The Bertz CT molecular complexity index is 1070. The molecule has 7 nitrogen and oxygen atoms in total. The van der Waals surface area contributed by atoms with Crippen molar-refractivity contribution in [1.82, 2.24) is 4.98 Å². The topological polar surface area (TPSA) is 89.0 Å². The standard InChI is InChI=1S/C23H22N2O5S/c1-29-16-10-8-15(9-11-16)20-14-31-23(24-20)25(13-17-5-4-12-30-17)21(26)18-6-2-3-7-19(18)22(27)28/h2-3,6-11,14,17H,4-5,12-13H2,1H3,(H,27,28). The average molecular weight is 439 g/mol. The van der Waals surface area contributed by atoms with Crippen LogP contribution in [0.4, 0.5) is 5.13 Å². The molecule has 0 spiro atoms. The van der Waals surface area contributed by atoms with Crippen LogP contribution >= 0.6 is 11.3 Å². The molecule has 1 unspecified atom stereocenters. The molecule has 1 aliphatic rings. The highest BCUT2D eigenvalue weighted by Gasteiger charge is 2.29. The third-order valence-corrected chi connectivity index (χ3v) is 6.02. The minimum absolute atomic E-state index is 0.0308. The molecule has 0 radical (unpaired) electrons. The molecule has 1 amide bonds. The summed E-state index contributed by atoms with van der Waals surface area (Å²) in [4.78, 5) is 31.3. The Morgan fingerprint density at radius 2 is 1.94 bits per heavy atom. The van der Waals surface area contributed by atoms with Gasteiger partial charge in [-0.15, -0.1) is 11.3 Å². The number of amides is 1. The Morgan fingerprint density at radius 1 is 1.19 bits per heavy atom. The summed E-state index contributed by atoms with van der Waals surface area (Å²) < 4.78 is 10.9. The van der Waals surface area contributed by atoms with E-state index in [0.29, 0.717) is 18.3 Å². The summed E-state index contributed by atoms with van der Waals surface area (Å²) in [5.74, 6) is -0.789. The maximum Gasteiger partial charge on any atom is 0.336 e. The Kier molecular flexibility index (Phi) is 6.29. The summed E-state index contributed by atoms with van der Waals surface area (Å²) in [6.07, 6.45) is 1.68. The molecule has 1 N–H and O–H groups in total. The van der Waals surface area contributed by atoms with Crippen LogP contribution in [0, 0.1) is 0 Å². The van der Waals surface area contributed by atoms with Crippen molar-refractivity contribution < 1.29 is 24.2 Å². The molecule has 1 fully saturated rings. The third-order valence-electron chi connectivity index (χ3n) is 5.15. The lowest BCUT2D eigenvalue weighted by Gasteiger charge is -2.23. The van der Waals surface area contributed by atoms with Crippen LogP contribution in [0.25, 0.3) is 11.3 Å². The molecule has 4 rings (SSSR count). The molecule has 31 heavy (non-hydrogen) atoms. The first kappa shape index (κ1) is 21.0. The van der Waals surface area contributed by atoms with Crippen LogP contribution in [0.2, 0.25) is 0 Å². The zero-order chi connectivity index (χ0) is 21.8. The van der Waals surface area contributed by atoms with Crippen LogP contribution in [-0.4, -0.2) is 48.3 Å². The van der Waals surface area contributed by atoms with Crippen LogP contribution in [0.5, 0.6) is 5.75 Å². The SMILES string of the molecule is COc1ccc(-c2csc(N(CC3CCCO3)C(=O)c3ccccc3C(=O)O)n2)cc1. The van der Waals surface area contributed by atoms with E-state index in [1.165, 1.54) is 28.4 Å². The first-order valence-electron chi connectivity index (χ1n) is 9.92. The molecule has 8 heteroatoms. The van der Waals surface area contributed by atoms with Gasteiger partial charge >= 0.3 is 5.97 Å². The van der Waals surface area contributed by atoms with Gasteiger partial charge in [-0.05, 0) is 49.2 Å². The summed E-state index contributed by atoms with van der Waals surface area (Å²) >= 11 is 1.34. The zero-order valence-corrected chi connectivity index (χ0v) is 17.8. The summed E-state index contributed by atoms with van der Waals surface area (Å²) in [6, 6.07) is 13.8. The van der Waals surface area contributed by atoms with E-state index in [0.717, 1.165) is 29.8 Å². The number of rotatable bonds is 7. The summed E-state index contributed by atoms with van der Waals surface area (Å²) in [5.41, 5.74) is 1.74. The van der Waals surface area contributed by atoms with E-state index in [2.05, 4.69) is 4.98 Å². The molecule has 1 atom stereocenters. The molecule has 1 aromatic heterocycles. The number of benzene rings is 2. The largest absolute Gasteiger partial charge is 0.497 e. The molecule has 0 bridgehead atoms. The minimum atomic E-state index is -1.14. The molecule has 1 aliphatic heterocycles. The molecule has 3 aromatic rings. The van der Waals surface area contributed by atoms with Gasteiger partial charge in [0.2, 0.25) is 0 Å². The van der Waals surface area contributed by atoms with Gasteiger partial charge in [0.25, 0.3) is 5.91 Å².